The Bertz CT molecular complexity index is 233. The summed E-state index contributed by atoms with van der Waals surface area (Å²) < 4.78 is 26.7. The zero-order chi connectivity index (χ0) is 13.1. The first kappa shape index (κ1) is 14.9. The molecule has 1 fully saturated rings. The molecule has 1 aliphatic rings. The molecule has 0 amide bonds. The summed E-state index contributed by atoms with van der Waals surface area (Å²) in [4.78, 5) is 0. The smallest absolute Gasteiger partial charge is 0.248 e. The molecule has 1 N–H and O–H groups in total. The van der Waals surface area contributed by atoms with Crippen molar-refractivity contribution in [1.82, 2.24) is 5.32 Å². The van der Waals surface area contributed by atoms with Crippen molar-refractivity contribution in [2.45, 2.75) is 71.8 Å². The van der Waals surface area contributed by atoms with Crippen LogP contribution in [0.4, 0.5) is 8.78 Å². The predicted octanol–water partition coefficient (Wildman–Crippen LogP) is 4.23. The van der Waals surface area contributed by atoms with Gasteiger partial charge in [0.15, 0.2) is 0 Å². The lowest BCUT2D eigenvalue weighted by molar-refractivity contribution is -0.0564. The van der Waals surface area contributed by atoms with E-state index in [9.17, 15) is 8.78 Å². The summed E-state index contributed by atoms with van der Waals surface area (Å²) in [6.07, 6.45) is 2.71. The van der Waals surface area contributed by atoms with E-state index in [2.05, 4.69) is 33.0 Å². The van der Waals surface area contributed by atoms with Gasteiger partial charge < -0.3 is 5.32 Å². The second-order valence-corrected chi connectivity index (χ2v) is 6.53. The number of halogens is 2. The zero-order valence-electron chi connectivity index (χ0n) is 11.7. The molecule has 0 aromatic carbocycles. The van der Waals surface area contributed by atoms with Gasteiger partial charge in [0.25, 0.3) is 0 Å². The molecule has 0 aliphatic heterocycles. The highest BCUT2D eigenvalue weighted by Gasteiger charge is 2.38. The van der Waals surface area contributed by atoms with Gasteiger partial charge in [-0.15, -0.1) is 0 Å². The highest BCUT2D eigenvalue weighted by Crippen LogP contribution is 2.40. The Kier molecular flexibility index (Phi) is 4.94. The Morgan fingerprint density at radius 1 is 1.35 bits per heavy atom. The van der Waals surface area contributed by atoms with Gasteiger partial charge in [0.2, 0.25) is 5.92 Å². The minimum absolute atomic E-state index is 0.0882. The summed E-state index contributed by atoms with van der Waals surface area (Å²) in [5.41, 5.74) is 0.142. The van der Waals surface area contributed by atoms with Crippen LogP contribution >= 0.6 is 0 Å². The number of alkyl halides is 2. The van der Waals surface area contributed by atoms with Crippen LogP contribution in [-0.4, -0.2) is 18.5 Å². The summed E-state index contributed by atoms with van der Waals surface area (Å²) >= 11 is 0. The van der Waals surface area contributed by atoms with E-state index in [0.29, 0.717) is 12.5 Å². The molecule has 1 saturated carbocycles. The van der Waals surface area contributed by atoms with Gasteiger partial charge in [-0.1, -0.05) is 27.7 Å². The molecule has 0 radical (unpaired) electrons. The van der Waals surface area contributed by atoms with E-state index in [-0.39, 0.29) is 24.2 Å². The van der Waals surface area contributed by atoms with Crippen molar-refractivity contribution in [2.75, 3.05) is 6.54 Å². The Hall–Kier alpha value is -0.180. The van der Waals surface area contributed by atoms with E-state index in [1.165, 1.54) is 0 Å². The molecule has 17 heavy (non-hydrogen) atoms. The minimum atomic E-state index is -2.42. The normalized spacial score (nSPS) is 26.8. The van der Waals surface area contributed by atoms with E-state index in [1.807, 2.05) is 0 Å². The highest BCUT2D eigenvalue weighted by atomic mass is 19.3. The fourth-order valence-corrected chi connectivity index (χ4v) is 2.80. The van der Waals surface area contributed by atoms with E-state index >= 15 is 0 Å². The van der Waals surface area contributed by atoms with E-state index in [0.717, 1.165) is 19.4 Å². The molecule has 0 bridgehead atoms. The lowest BCUT2D eigenvalue weighted by Crippen LogP contribution is -2.42. The molecular formula is C14H27F2N. The van der Waals surface area contributed by atoms with Crippen molar-refractivity contribution < 1.29 is 8.78 Å². The minimum Gasteiger partial charge on any atom is -0.314 e. The van der Waals surface area contributed by atoms with Gasteiger partial charge in [-0.3, -0.25) is 0 Å². The van der Waals surface area contributed by atoms with Crippen LogP contribution in [0.3, 0.4) is 0 Å². The molecule has 0 saturated heterocycles. The quantitative estimate of drug-likeness (QED) is 0.784. The van der Waals surface area contributed by atoms with E-state index in [1.54, 1.807) is 0 Å². The Morgan fingerprint density at radius 2 is 2.00 bits per heavy atom. The summed E-state index contributed by atoms with van der Waals surface area (Å²) in [6, 6.07) is 0.339. The molecule has 1 aliphatic carbocycles. The van der Waals surface area contributed by atoms with Crippen molar-refractivity contribution in [2.24, 2.45) is 11.3 Å². The van der Waals surface area contributed by atoms with Crippen LogP contribution < -0.4 is 5.32 Å². The van der Waals surface area contributed by atoms with Gasteiger partial charge in [-0.25, -0.2) is 8.78 Å². The second kappa shape index (κ2) is 5.64. The maximum absolute atomic E-state index is 13.4. The fourth-order valence-electron chi connectivity index (χ4n) is 2.80. The first-order valence-corrected chi connectivity index (χ1v) is 6.86. The second-order valence-electron chi connectivity index (χ2n) is 6.53. The molecule has 2 unspecified atom stereocenters. The van der Waals surface area contributed by atoms with Crippen molar-refractivity contribution in [3.63, 3.8) is 0 Å². The lowest BCUT2D eigenvalue weighted by Gasteiger charge is -2.37. The average molecular weight is 247 g/mol. The molecule has 3 heteroatoms. The summed E-state index contributed by atoms with van der Waals surface area (Å²) in [7, 11) is 0. The van der Waals surface area contributed by atoms with Crippen LogP contribution in [0.25, 0.3) is 0 Å². The van der Waals surface area contributed by atoms with Crippen LogP contribution in [0.2, 0.25) is 0 Å². The van der Waals surface area contributed by atoms with Crippen LogP contribution in [0.5, 0.6) is 0 Å². The van der Waals surface area contributed by atoms with Crippen LogP contribution in [-0.2, 0) is 0 Å². The third-order valence-electron chi connectivity index (χ3n) is 3.81. The molecule has 1 nitrogen and oxygen atoms in total. The summed E-state index contributed by atoms with van der Waals surface area (Å²) in [6.45, 7) is 9.53. The van der Waals surface area contributed by atoms with Crippen molar-refractivity contribution in [3.05, 3.63) is 0 Å². The first-order chi connectivity index (χ1) is 7.74. The fraction of sp³-hybridized carbons (Fsp3) is 1.00. The molecule has 0 aromatic heterocycles. The molecular weight excluding hydrogens is 220 g/mol. The van der Waals surface area contributed by atoms with Crippen molar-refractivity contribution in [3.8, 4) is 0 Å². The zero-order valence-corrected chi connectivity index (χ0v) is 11.7. The monoisotopic (exact) mass is 247 g/mol. The topological polar surface area (TPSA) is 12.0 Å². The molecule has 102 valence electrons. The lowest BCUT2D eigenvalue weighted by atomic mass is 9.76. The molecule has 2 atom stereocenters. The summed E-state index contributed by atoms with van der Waals surface area (Å²) in [5, 5.41) is 3.45. The maximum Gasteiger partial charge on any atom is 0.248 e. The molecule has 0 aromatic rings. The van der Waals surface area contributed by atoms with Crippen LogP contribution in [0.15, 0.2) is 0 Å². The number of nitrogens with one attached hydrogen (secondary N) is 1. The number of hydrogen-bond acceptors (Lipinski definition) is 1. The standard InChI is InChI=1S/C14H27F2N/c1-5-17-12(13(2,3)4)9-11-7-6-8-14(15,16)10-11/h11-12,17H,5-10H2,1-4H3. The van der Waals surface area contributed by atoms with Gasteiger partial charge >= 0.3 is 0 Å². The van der Waals surface area contributed by atoms with Gasteiger partial charge in [-0.2, -0.15) is 0 Å². The van der Waals surface area contributed by atoms with Gasteiger partial charge in [0.1, 0.15) is 0 Å². The van der Waals surface area contributed by atoms with Gasteiger partial charge in [-0.05, 0) is 37.1 Å². The van der Waals surface area contributed by atoms with Crippen molar-refractivity contribution >= 4 is 0 Å². The van der Waals surface area contributed by atoms with E-state index < -0.39 is 5.92 Å². The SMILES string of the molecule is CCNC(CC1CCCC(F)(F)C1)C(C)(C)C. The molecule has 1 rings (SSSR count). The average Bonchev–Trinajstić information content (AvgIpc) is 2.14. The largest absolute Gasteiger partial charge is 0.314 e. The van der Waals surface area contributed by atoms with Crippen molar-refractivity contribution in [1.29, 1.82) is 0 Å². The Morgan fingerprint density at radius 3 is 2.47 bits per heavy atom. The third-order valence-corrected chi connectivity index (χ3v) is 3.81. The molecule has 0 heterocycles. The van der Waals surface area contributed by atoms with Gasteiger partial charge in [0, 0.05) is 18.9 Å². The van der Waals surface area contributed by atoms with Crippen LogP contribution in [0.1, 0.15) is 59.8 Å². The predicted molar refractivity (Wildman–Crippen MR) is 68.4 cm³/mol. The maximum atomic E-state index is 13.4. The number of rotatable bonds is 4. The van der Waals surface area contributed by atoms with Gasteiger partial charge in [0.05, 0.1) is 0 Å². The summed E-state index contributed by atoms with van der Waals surface area (Å²) in [5.74, 6) is -2.24. The Labute approximate surface area is 104 Å². The van der Waals surface area contributed by atoms with E-state index in [4.69, 9.17) is 0 Å². The first-order valence-electron chi connectivity index (χ1n) is 6.86. The third kappa shape index (κ3) is 4.90. The Balaban J connectivity index is 2.55. The molecule has 0 spiro atoms. The number of hydrogen-bond donors (Lipinski definition) is 1. The van der Waals surface area contributed by atoms with Crippen LogP contribution in [0, 0.1) is 11.3 Å². The highest BCUT2D eigenvalue weighted by molar-refractivity contribution is 4.86.